The van der Waals surface area contributed by atoms with E-state index in [1.54, 1.807) is 6.92 Å². The number of carbonyl (C=O) groups is 2. The maximum Gasteiger partial charge on any atom is 0.320 e. The van der Waals surface area contributed by atoms with Crippen molar-refractivity contribution in [3.8, 4) is 0 Å². The predicted molar refractivity (Wildman–Crippen MR) is 57.4 cm³/mol. The van der Waals surface area contributed by atoms with Crippen molar-refractivity contribution in [1.29, 1.82) is 0 Å². The molecule has 0 rings (SSSR count). The lowest BCUT2D eigenvalue weighted by Crippen LogP contribution is -2.37. The van der Waals surface area contributed by atoms with Crippen LogP contribution in [0.1, 0.15) is 20.8 Å². The molecular formula is C10H20N2O3. The molecule has 5 nitrogen and oxygen atoms in total. The topological polar surface area (TPSA) is 58.6 Å². The minimum absolute atomic E-state index is 0.0535. The summed E-state index contributed by atoms with van der Waals surface area (Å²) in [5.74, 6) is -0.274. The molecule has 0 aliphatic carbocycles. The molecule has 1 N–H and O–H groups in total. The molecule has 1 amide bonds. The predicted octanol–water partition coefficient (Wildman–Crippen LogP) is 0.00750. The van der Waals surface area contributed by atoms with Gasteiger partial charge in [0.05, 0.1) is 13.2 Å². The maximum absolute atomic E-state index is 11.2. The van der Waals surface area contributed by atoms with E-state index in [0.29, 0.717) is 19.7 Å². The third-order valence-corrected chi connectivity index (χ3v) is 1.91. The number of nitrogens with zero attached hydrogens (tertiary/aromatic N) is 1. The minimum atomic E-state index is -0.220. The van der Waals surface area contributed by atoms with E-state index in [9.17, 15) is 9.59 Å². The third kappa shape index (κ3) is 7.93. The molecule has 0 heterocycles. The number of hydrogen-bond donors (Lipinski definition) is 1. The fourth-order valence-corrected chi connectivity index (χ4v) is 1.13. The Kier molecular flexibility index (Phi) is 7.62. The first-order valence-electron chi connectivity index (χ1n) is 5.22. The van der Waals surface area contributed by atoms with Gasteiger partial charge in [-0.25, -0.2) is 0 Å². The van der Waals surface area contributed by atoms with Crippen molar-refractivity contribution in [3.05, 3.63) is 0 Å². The molecule has 0 aromatic rings. The highest BCUT2D eigenvalue weighted by Gasteiger charge is 2.08. The van der Waals surface area contributed by atoms with E-state index < -0.39 is 0 Å². The molecule has 15 heavy (non-hydrogen) atoms. The summed E-state index contributed by atoms with van der Waals surface area (Å²) in [6, 6.07) is 0. The molecule has 0 radical (unpaired) electrons. The quantitative estimate of drug-likeness (QED) is 0.609. The molecule has 0 saturated carbocycles. The van der Waals surface area contributed by atoms with E-state index in [2.05, 4.69) is 5.32 Å². The maximum atomic E-state index is 11.2. The van der Waals surface area contributed by atoms with Crippen molar-refractivity contribution < 1.29 is 14.3 Å². The molecule has 0 aliphatic heterocycles. The van der Waals surface area contributed by atoms with E-state index in [0.717, 1.165) is 6.54 Å². The van der Waals surface area contributed by atoms with Crippen LogP contribution >= 0.6 is 0 Å². The minimum Gasteiger partial charge on any atom is -0.465 e. The van der Waals surface area contributed by atoms with Crippen LogP contribution in [0.4, 0.5) is 0 Å². The van der Waals surface area contributed by atoms with Crippen molar-refractivity contribution in [2.45, 2.75) is 20.8 Å². The normalized spacial score (nSPS) is 10.1. The number of rotatable bonds is 7. The fourth-order valence-electron chi connectivity index (χ4n) is 1.13. The second kappa shape index (κ2) is 8.23. The van der Waals surface area contributed by atoms with Gasteiger partial charge in [0.15, 0.2) is 0 Å². The molecule has 5 heteroatoms. The number of ether oxygens (including phenoxy) is 1. The summed E-state index contributed by atoms with van der Waals surface area (Å²) in [5.41, 5.74) is 0. The van der Waals surface area contributed by atoms with E-state index in [1.807, 2.05) is 11.8 Å². The number of esters is 1. The SMILES string of the molecule is CCOC(=O)CN(CC)CCNC(C)=O. The Balaban J connectivity index is 3.72. The van der Waals surface area contributed by atoms with Gasteiger partial charge in [0.25, 0.3) is 0 Å². The van der Waals surface area contributed by atoms with Gasteiger partial charge < -0.3 is 10.1 Å². The monoisotopic (exact) mass is 216 g/mol. The Morgan fingerprint density at radius 2 is 2.00 bits per heavy atom. The number of carbonyl (C=O) groups excluding carboxylic acids is 2. The van der Waals surface area contributed by atoms with Crippen molar-refractivity contribution >= 4 is 11.9 Å². The fraction of sp³-hybridized carbons (Fsp3) is 0.800. The average molecular weight is 216 g/mol. The highest BCUT2D eigenvalue weighted by molar-refractivity contribution is 5.73. The summed E-state index contributed by atoms with van der Waals surface area (Å²) in [5, 5.41) is 2.68. The largest absolute Gasteiger partial charge is 0.465 e. The van der Waals surface area contributed by atoms with E-state index in [1.165, 1.54) is 6.92 Å². The lowest BCUT2D eigenvalue weighted by molar-refractivity contribution is -0.144. The van der Waals surface area contributed by atoms with Crippen molar-refractivity contribution in [2.24, 2.45) is 0 Å². The van der Waals surface area contributed by atoms with Gasteiger partial charge in [-0.15, -0.1) is 0 Å². The van der Waals surface area contributed by atoms with Gasteiger partial charge in [-0.2, -0.15) is 0 Å². The van der Waals surface area contributed by atoms with Crippen LogP contribution in [-0.4, -0.2) is 49.6 Å². The van der Waals surface area contributed by atoms with Crippen molar-refractivity contribution in [3.63, 3.8) is 0 Å². The summed E-state index contributed by atoms with van der Waals surface area (Å²) in [4.78, 5) is 23.7. The van der Waals surface area contributed by atoms with Gasteiger partial charge in [0, 0.05) is 20.0 Å². The molecule has 0 atom stereocenters. The van der Waals surface area contributed by atoms with Crippen LogP contribution in [0.25, 0.3) is 0 Å². The highest BCUT2D eigenvalue weighted by Crippen LogP contribution is 1.89. The lowest BCUT2D eigenvalue weighted by Gasteiger charge is -2.18. The molecule has 0 bridgehead atoms. The van der Waals surface area contributed by atoms with Gasteiger partial charge in [-0.1, -0.05) is 6.92 Å². The van der Waals surface area contributed by atoms with Crippen LogP contribution in [-0.2, 0) is 14.3 Å². The standard InChI is InChI=1S/C10H20N2O3/c1-4-12(7-6-11-9(3)13)8-10(14)15-5-2/h4-8H2,1-3H3,(H,11,13). The molecule has 88 valence electrons. The first kappa shape index (κ1) is 13.9. The number of likely N-dealkylation sites (N-methyl/N-ethyl adjacent to an activating group) is 1. The first-order valence-corrected chi connectivity index (χ1v) is 5.22. The highest BCUT2D eigenvalue weighted by atomic mass is 16.5. The number of amides is 1. The molecule has 0 unspecified atom stereocenters. The van der Waals surface area contributed by atoms with Gasteiger partial charge in [0.2, 0.25) is 5.91 Å². The Bertz CT molecular complexity index is 207. The van der Waals surface area contributed by atoms with Crippen LogP contribution in [0.15, 0.2) is 0 Å². The molecule has 0 aromatic carbocycles. The molecule has 0 fully saturated rings. The van der Waals surface area contributed by atoms with E-state index in [4.69, 9.17) is 4.74 Å². The Morgan fingerprint density at radius 1 is 1.33 bits per heavy atom. The summed E-state index contributed by atoms with van der Waals surface area (Å²) >= 11 is 0. The van der Waals surface area contributed by atoms with Gasteiger partial charge in [-0.3, -0.25) is 14.5 Å². The van der Waals surface area contributed by atoms with Crippen molar-refractivity contribution in [1.82, 2.24) is 10.2 Å². The smallest absolute Gasteiger partial charge is 0.320 e. The average Bonchev–Trinajstić information content (AvgIpc) is 2.16. The molecule has 0 aliphatic rings. The third-order valence-electron chi connectivity index (χ3n) is 1.91. The zero-order valence-corrected chi connectivity index (χ0v) is 9.71. The van der Waals surface area contributed by atoms with Gasteiger partial charge in [-0.05, 0) is 13.5 Å². The molecule has 0 spiro atoms. The summed E-state index contributed by atoms with van der Waals surface area (Å²) < 4.78 is 4.83. The lowest BCUT2D eigenvalue weighted by atomic mass is 10.4. The second-order valence-corrected chi connectivity index (χ2v) is 3.16. The molecule has 0 aromatic heterocycles. The van der Waals surface area contributed by atoms with E-state index in [-0.39, 0.29) is 18.4 Å². The number of hydrogen-bond acceptors (Lipinski definition) is 4. The van der Waals surface area contributed by atoms with Gasteiger partial charge >= 0.3 is 5.97 Å². The Hall–Kier alpha value is -1.10. The van der Waals surface area contributed by atoms with Crippen LogP contribution in [0.2, 0.25) is 0 Å². The Morgan fingerprint density at radius 3 is 2.47 bits per heavy atom. The first-order chi connectivity index (χ1) is 7.10. The number of nitrogens with one attached hydrogen (secondary N) is 1. The molecular weight excluding hydrogens is 196 g/mol. The van der Waals surface area contributed by atoms with E-state index >= 15 is 0 Å². The van der Waals surface area contributed by atoms with Crippen LogP contribution in [0, 0.1) is 0 Å². The second-order valence-electron chi connectivity index (χ2n) is 3.16. The zero-order chi connectivity index (χ0) is 11.7. The summed E-state index contributed by atoms with van der Waals surface area (Å²) in [7, 11) is 0. The summed E-state index contributed by atoms with van der Waals surface area (Å²) in [6.45, 7) is 7.89. The van der Waals surface area contributed by atoms with Crippen LogP contribution in [0.5, 0.6) is 0 Å². The van der Waals surface area contributed by atoms with Crippen LogP contribution < -0.4 is 5.32 Å². The zero-order valence-electron chi connectivity index (χ0n) is 9.71. The van der Waals surface area contributed by atoms with Crippen LogP contribution in [0.3, 0.4) is 0 Å². The molecule has 0 saturated heterocycles. The van der Waals surface area contributed by atoms with Gasteiger partial charge in [0.1, 0.15) is 0 Å². The summed E-state index contributed by atoms with van der Waals surface area (Å²) in [6.07, 6.45) is 0. The Labute approximate surface area is 90.8 Å². The van der Waals surface area contributed by atoms with Crippen molar-refractivity contribution in [2.75, 3.05) is 32.8 Å².